The van der Waals surface area contributed by atoms with Crippen molar-refractivity contribution < 1.29 is 4.74 Å². The maximum absolute atomic E-state index is 11.7. The summed E-state index contributed by atoms with van der Waals surface area (Å²) in [5.41, 5.74) is 0.837. The Bertz CT molecular complexity index is 539. The molecule has 1 saturated carbocycles. The first kappa shape index (κ1) is 15.5. The van der Waals surface area contributed by atoms with Crippen molar-refractivity contribution in [2.45, 2.75) is 44.2 Å². The van der Waals surface area contributed by atoms with E-state index in [2.05, 4.69) is 15.3 Å². The molecule has 0 amide bonds. The van der Waals surface area contributed by atoms with Crippen LogP contribution >= 0.6 is 0 Å². The van der Waals surface area contributed by atoms with Crippen LogP contribution in [-0.4, -0.2) is 48.2 Å². The standard InChI is InChI=1S/C16H26N4O2/c1-19-16(21)10-14(11-18-19)20-8-9-22-15(12-20)6-7-17-13-4-2-3-5-13/h10-11,13,15,17H,2-9,12H2,1H3/t15-/m0/s1. The Labute approximate surface area is 131 Å². The third kappa shape index (κ3) is 3.87. The Balaban J connectivity index is 1.50. The van der Waals surface area contributed by atoms with Gasteiger partial charge in [0, 0.05) is 32.2 Å². The van der Waals surface area contributed by atoms with Crippen LogP contribution in [0.1, 0.15) is 32.1 Å². The lowest BCUT2D eigenvalue weighted by molar-refractivity contribution is 0.0350. The summed E-state index contributed by atoms with van der Waals surface area (Å²) in [5, 5.41) is 7.74. The summed E-state index contributed by atoms with van der Waals surface area (Å²) in [5.74, 6) is 0. The predicted octanol–water partition coefficient (Wildman–Crippen LogP) is 0.908. The summed E-state index contributed by atoms with van der Waals surface area (Å²) in [4.78, 5) is 13.9. The largest absolute Gasteiger partial charge is 0.374 e. The Hall–Kier alpha value is -1.40. The molecule has 1 atom stereocenters. The molecule has 0 unspecified atom stereocenters. The van der Waals surface area contributed by atoms with Gasteiger partial charge in [-0.1, -0.05) is 12.8 Å². The van der Waals surface area contributed by atoms with Crippen LogP contribution in [0, 0.1) is 0 Å². The molecule has 0 spiro atoms. The first-order valence-corrected chi connectivity index (χ1v) is 8.35. The van der Waals surface area contributed by atoms with Crippen molar-refractivity contribution in [2.24, 2.45) is 7.05 Å². The number of hydrogen-bond donors (Lipinski definition) is 1. The normalized spacial score (nSPS) is 23.1. The third-order valence-corrected chi connectivity index (χ3v) is 4.71. The molecule has 0 bridgehead atoms. The molecule has 2 aliphatic rings. The van der Waals surface area contributed by atoms with Crippen LogP contribution < -0.4 is 15.8 Å². The number of aromatic nitrogens is 2. The average molecular weight is 306 g/mol. The predicted molar refractivity (Wildman–Crippen MR) is 86.3 cm³/mol. The smallest absolute Gasteiger partial charge is 0.268 e. The van der Waals surface area contributed by atoms with Crippen LogP contribution in [-0.2, 0) is 11.8 Å². The van der Waals surface area contributed by atoms with Gasteiger partial charge in [-0.25, -0.2) is 4.68 Å². The average Bonchev–Trinajstić information content (AvgIpc) is 3.04. The SMILES string of the molecule is Cn1ncc(N2CCO[C@@H](CCNC3CCCC3)C2)cc1=O. The highest BCUT2D eigenvalue weighted by Crippen LogP contribution is 2.19. The number of anilines is 1. The zero-order chi connectivity index (χ0) is 15.4. The molecule has 6 heteroatoms. The zero-order valence-corrected chi connectivity index (χ0v) is 13.3. The molecule has 1 aliphatic carbocycles. The summed E-state index contributed by atoms with van der Waals surface area (Å²) in [7, 11) is 1.67. The fourth-order valence-electron chi connectivity index (χ4n) is 3.34. The molecule has 6 nitrogen and oxygen atoms in total. The van der Waals surface area contributed by atoms with Gasteiger partial charge in [-0.3, -0.25) is 4.79 Å². The summed E-state index contributed by atoms with van der Waals surface area (Å²) >= 11 is 0. The summed E-state index contributed by atoms with van der Waals surface area (Å²) in [6.45, 7) is 3.38. The van der Waals surface area contributed by atoms with Crippen LogP contribution in [0.2, 0.25) is 0 Å². The number of nitrogens with one attached hydrogen (secondary N) is 1. The second-order valence-electron chi connectivity index (χ2n) is 6.34. The highest BCUT2D eigenvalue weighted by molar-refractivity contribution is 5.43. The molecule has 0 radical (unpaired) electrons. The van der Waals surface area contributed by atoms with Crippen molar-refractivity contribution in [1.29, 1.82) is 0 Å². The van der Waals surface area contributed by atoms with Crippen LogP contribution in [0.4, 0.5) is 5.69 Å². The minimum absolute atomic E-state index is 0.0663. The minimum atomic E-state index is -0.0663. The number of hydrogen-bond acceptors (Lipinski definition) is 5. The summed E-state index contributed by atoms with van der Waals surface area (Å²) in [6.07, 6.45) is 8.37. The lowest BCUT2D eigenvalue weighted by Crippen LogP contribution is -2.44. The van der Waals surface area contributed by atoms with Gasteiger partial charge < -0.3 is 15.0 Å². The number of ether oxygens (including phenoxy) is 1. The van der Waals surface area contributed by atoms with E-state index in [1.807, 2.05) is 0 Å². The molecule has 2 fully saturated rings. The lowest BCUT2D eigenvalue weighted by Gasteiger charge is -2.34. The number of nitrogens with zero attached hydrogens (tertiary/aromatic N) is 3. The highest BCUT2D eigenvalue weighted by Gasteiger charge is 2.22. The highest BCUT2D eigenvalue weighted by atomic mass is 16.5. The van der Waals surface area contributed by atoms with Crippen LogP contribution in [0.15, 0.2) is 17.1 Å². The molecule has 1 N–H and O–H groups in total. The molecule has 3 rings (SSSR count). The van der Waals surface area contributed by atoms with Crippen LogP contribution in [0.25, 0.3) is 0 Å². The molecule has 22 heavy (non-hydrogen) atoms. The van der Waals surface area contributed by atoms with E-state index in [0.717, 1.165) is 31.7 Å². The van der Waals surface area contributed by atoms with E-state index in [0.29, 0.717) is 12.6 Å². The second kappa shape index (κ2) is 7.24. The van der Waals surface area contributed by atoms with Crippen molar-refractivity contribution in [3.05, 3.63) is 22.6 Å². The van der Waals surface area contributed by atoms with Gasteiger partial charge in [-0.05, 0) is 25.8 Å². The maximum atomic E-state index is 11.7. The molecule has 1 saturated heterocycles. The van der Waals surface area contributed by atoms with Gasteiger partial charge >= 0.3 is 0 Å². The Morgan fingerprint density at radius 1 is 1.41 bits per heavy atom. The van der Waals surface area contributed by atoms with E-state index < -0.39 is 0 Å². The van der Waals surface area contributed by atoms with E-state index in [1.54, 1.807) is 19.3 Å². The maximum Gasteiger partial charge on any atom is 0.268 e. The van der Waals surface area contributed by atoms with Crippen molar-refractivity contribution >= 4 is 5.69 Å². The fraction of sp³-hybridized carbons (Fsp3) is 0.750. The van der Waals surface area contributed by atoms with Crippen molar-refractivity contribution in [3.8, 4) is 0 Å². The number of rotatable bonds is 5. The first-order valence-electron chi connectivity index (χ1n) is 8.35. The van der Waals surface area contributed by atoms with E-state index in [4.69, 9.17) is 4.74 Å². The second-order valence-corrected chi connectivity index (χ2v) is 6.34. The Kier molecular flexibility index (Phi) is 5.10. The minimum Gasteiger partial charge on any atom is -0.374 e. The van der Waals surface area contributed by atoms with E-state index in [9.17, 15) is 4.79 Å². The van der Waals surface area contributed by atoms with Gasteiger partial charge in [0.05, 0.1) is 24.6 Å². The number of aryl methyl sites for hydroxylation is 1. The lowest BCUT2D eigenvalue weighted by atomic mass is 10.1. The Morgan fingerprint density at radius 2 is 2.23 bits per heavy atom. The van der Waals surface area contributed by atoms with Crippen LogP contribution in [0.5, 0.6) is 0 Å². The number of morpholine rings is 1. The molecule has 1 aromatic heterocycles. The molecule has 0 aromatic carbocycles. The van der Waals surface area contributed by atoms with Gasteiger partial charge in [0.15, 0.2) is 0 Å². The van der Waals surface area contributed by atoms with Gasteiger partial charge in [0.2, 0.25) is 0 Å². The van der Waals surface area contributed by atoms with E-state index >= 15 is 0 Å². The zero-order valence-electron chi connectivity index (χ0n) is 13.3. The van der Waals surface area contributed by atoms with Crippen molar-refractivity contribution in [1.82, 2.24) is 15.1 Å². The monoisotopic (exact) mass is 306 g/mol. The molecule has 2 heterocycles. The first-order chi connectivity index (χ1) is 10.7. The summed E-state index contributed by atoms with van der Waals surface area (Å²) < 4.78 is 7.22. The van der Waals surface area contributed by atoms with Crippen molar-refractivity contribution in [2.75, 3.05) is 31.1 Å². The third-order valence-electron chi connectivity index (χ3n) is 4.71. The molecular weight excluding hydrogens is 280 g/mol. The van der Waals surface area contributed by atoms with Gasteiger partial charge in [-0.2, -0.15) is 5.10 Å². The van der Waals surface area contributed by atoms with Crippen molar-refractivity contribution in [3.63, 3.8) is 0 Å². The van der Waals surface area contributed by atoms with Gasteiger partial charge in [0.25, 0.3) is 5.56 Å². The van der Waals surface area contributed by atoms with Crippen LogP contribution in [0.3, 0.4) is 0 Å². The Morgan fingerprint density at radius 3 is 3.00 bits per heavy atom. The fourth-order valence-corrected chi connectivity index (χ4v) is 3.34. The van der Waals surface area contributed by atoms with E-state index in [1.165, 1.54) is 30.4 Å². The van der Waals surface area contributed by atoms with Gasteiger partial charge in [-0.15, -0.1) is 0 Å². The molecule has 1 aliphatic heterocycles. The molecule has 1 aromatic rings. The quantitative estimate of drug-likeness (QED) is 0.876. The summed E-state index contributed by atoms with van der Waals surface area (Å²) in [6, 6.07) is 2.37. The topological polar surface area (TPSA) is 59.4 Å². The molecular formula is C16H26N4O2. The van der Waals surface area contributed by atoms with Gasteiger partial charge in [0.1, 0.15) is 0 Å². The molecule has 122 valence electrons. The van der Waals surface area contributed by atoms with E-state index in [-0.39, 0.29) is 11.7 Å².